The van der Waals surface area contributed by atoms with Crippen molar-refractivity contribution >= 4 is 23.7 Å². The van der Waals surface area contributed by atoms with Crippen LogP contribution in [0, 0.1) is 0 Å². The van der Waals surface area contributed by atoms with Crippen LogP contribution in [-0.2, 0) is 0 Å². The Morgan fingerprint density at radius 3 is 2.16 bits per heavy atom. The van der Waals surface area contributed by atoms with Gasteiger partial charge in [-0.2, -0.15) is 0 Å². The fourth-order valence-electron chi connectivity index (χ4n) is 1.62. The van der Waals surface area contributed by atoms with Crippen molar-refractivity contribution in [2.75, 3.05) is 21.3 Å². The summed E-state index contributed by atoms with van der Waals surface area (Å²) in [6, 6.07) is 3.75. The van der Waals surface area contributed by atoms with Crippen molar-refractivity contribution in [3.05, 3.63) is 28.8 Å². The first kappa shape index (κ1) is 13.4. The lowest BCUT2D eigenvalue weighted by Crippen LogP contribution is -1.95. The number of methoxy groups -OCH3 is 3. The van der Waals surface area contributed by atoms with E-state index in [1.807, 2.05) is 29.7 Å². The zero-order valence-corrected chi connectivity index (χ0v) is 11.7. The molecule has 0 aliphatic rings. The highest BCUT2D eigenvalue weighted by Gasteiger charge is 2.11. The fraction of sp³-hybridized carbons (Fsp3) is 0.231. The molecule has 5 nitrogen and oxygen atoms in total. The van der Waals surface area contributed by atoms with Gasteiger partial charge < -0.3 is 14.2 Å². The monoisotopic (exact) mass is 278 g/mol. The minimum atomic E-state index is 0.581. The minimum absolute atomic E-state index is 0.581. The van der Waals surface area contributed by atoms with Crippen LogP contribution in [-0.4, -0.2) is 30.9 Å². The Labute approximate surface area is 115 Å². The number of hydrogen-bond acceptors (Lipinski definition) is 6. The third-order valence-electron chi connectivity index (χ3n) is 2.51. The molecule has 0 N–H and O–H groups in total. The normalized spacial score (nSPS) is 10.7. The summed E-state index contributed by atoms with van der Waals surface area (Å²) in [5.74, 6) is 1.83. The topological polar surface area (TPSA) is 53.5 Å². The van der Waals surface area contributed by atoms with Gasteiger partial charge in [0.2, 0.25) is 5.75 Å². The Bertz CT molecular complexity index is 542. The van der Waals surface area contributed by atoms with E-state index in [-0.39, 0.29) is 0 Å². The number of rotatable bonds is 5. The molecule has 0 radical (unpaired) electrons. The summed E-state index contributed by atoms with van der Waals surface area (Å²) < 4.78 is 19.7. The Morgan fingerprint density at radius 2 is 1.68 bits per heavy atom. The van der Waals surface area contributed by atoms with E-state index in [2.05, 4.69) is 9.59 Å². The van der Waals surface area contributed by atoms with E-state index in [0.717, 1.165) is 11.3 Å². The lowest BCUT2D eigenvalue weighted by molar-refractivity contribution is 0.324. The highest BCUT2D eigenvalue weighted by atomic mass is 32.1. The van der Waals surface area contributed by atoms with Crippen molar-refractivity contribution in [3.8, 4) is 17.2 Å². The van der Waals surface area contributed by atoms with Crippen LogP contribution in [0.3, 0.4) is 0 Å². The molecule has 0 saturated carbocycles. The van der Waals surface area contributed by atoms with Crippen molar-refractivity contribution in [1.29, 1.82) is 0 Å². The van der Waals surface area contributed by atoms with Crippen molar-refractivity contribution in [1.82, 2.24) is 9.59 Å². The Kier molecular flexibility index (Phi) is 4.35. The molecule has 2 aromatic rings. The zero-order valence-electron chi connectivity index (χ0n) is 10.9. The molecule has 0 aliphatic heterocycles. The lowest BCUT2D eigenvalue weighted by Gasteiger charge is -2.12. The van der Waals surface area contributed by atoms with Crippen LogP contribution in [0.25, 0.3) is 12.2 Å². The van der Waals surface area contributed by atoms with Crippen LogP contribution in [0.4, 0.5) is 0 Å². The molecule has 0 aliphatic carbocycles. The second-order valence-electron chi connectivity index (χ2n) is 3.62. The smallest absolute Gasteiger partial charge is 0.203 e. The van der Waals surface area contributed by atoms with Crippen molar-refractivity contribution in [2.24, 2.45) is 0 Å². The molecule has 0 atom stereocenters. The molecule has 1 aromatic heterocycles. The van der Waals surface area contributed by atoms with Gasteiger partial charge in [-0.3, -0.25) is 0 Å². The molecule has 0 fully saturated rings. The second-order valence-corrected chi connectivity index (χ2v) is 4.23. The van der Waals surface area contributed by atoms with Crippen LogP contribution in [0.1, 0.15) is 11.3 Å². The number of hydrogen-bond donors (Lipinski definition) is 0. The standard InChI is InChI=1S/C13H14N2O3S/c1-16-11-6-9(4-5-10-8-19-15-14-10)7-12(17-2)13(11)18-3/h4-8H,1-3H3. The van der Waals surface area contributed by atoms with Crippen LogP contribution in [0.5, 0.6) is 17.2 Å². The molecule has 19 heavy (non-hydrogen) atoms. The Balaban J connectivity index is 2.36. The van der Waals surface area contributed by atoms with E-state index >= 15 is 0 Å². The van der Waals surface area contributed by atoms with Gasteiger partial charge in [-0.25, -0.2) is 0 Å². The van der Waals surface area contributed by atoms with E-state index in [9.17, 15) is 0 Å². The van der Waals surface area contributed by atoms with Gasteiger partial charge in [-0.1, -0.05) is 10.6 Å². The maximum Gasteiger partial charge on any atom is 0.203 e. The van der Waals surface area contributed by atoms with Gasteiger partial charge in [0.1, 0.15) is 0 Å². The molecule has 0 unspecified atom stereocenters. The van der Waals surface area contributed by atoms with E-state index < -0.39 is 0 Å². The Morgan fingerprint density at radius 1 is 1.00 bits per heavy atom. The van der Waals surface area contributed by atoms with Crippen LogP contribution in [0.2, 0.25) is 0 Å². The molecular weight excluding hydrogens is 264 g/mol. The molecule has 6 heteroatoms. The van der Waals surface area contributed by atoms with Gasteiger partial charge in [0.05, 0.1) is 27.0 Å². The first-order chi connectivity index (χ1) is 9.28. The maximum absolute atomic E-state index is 5.29. The van der Waals surface area contributed by atoms with Crippen molar-refractivity contribution in [3.63, 3.8) is 0 Å². The quantitative estimate of drug-likeness (QED) is 0.841. The third kappa shape index (κ3) is 3.03. The molecule has 0 amide bonds. The van der Waals surface area contributed by atoms with Crippen LogP contribution >= 0.6 is 11.5 Å². The van der Waals surface area contributed by atoms with Gasteiger partial charge in [0, 0.05) is 5.38 Å². The molecule has 0 spiro atoms. The molecule has 0 saturated heterocycles. The molecule has 100 valence electrons. The molecule has 1 heterocycles. The maximum atomic E-state index is 5.29. The molecule has 1 aromatic carbocycles. The SMILES string of the molecule is COc1cc(C=Cc2csnn2)cc(OC)c1OC. The number of nitrogens with zero attached hydrogens (tertiary/aromatic N) is 2. The summed E-state index contributed by atoms with van der Waals surface area (Å²) in [7, 11) is 4.76. The molecule has 2 rings (SSSR count). The van der Waals surface area contributed by atoms with Crippen LogP contribution in [0.15, 0.2) is 17.5 Å². The van der Waals surface area contributed by atoms with Gasteiger partial charge in [0.15, 0.2) is 11.5 Å². The van der Waals surface area contributed by atoms with Gasteiger partial charge in [-0.15, -0.1) is 5.10 Å². The van der Waals surface area contributed by atoms with Crippen molar-refractivity contribution < 1.29 is 14.2 Å². The van der Waals surface area contributed by atoms with E-state index in [0.29, 0.717) is 17.2 Å². The van der Waals surface area contributed by atoms with Crippen LogP contribution < -0.4 is 14.2 Å². The highest BCUT2D eigenvalue weighted by molar-refractivity contribution is 7.03. The number of benzene rings is 1. The Hall–Kier alpha value is -2.08. The highest BCUT2D eigenvalue weighted by Crippen LogP contribution is 2.38. The third-order valence-corrected chi connectivity index (χ3v) is 3.03. The number of ether oxygens (including phenoxy) is 3. The predicted molar refractivity (Wildman–Crippen MR) is 74.9 cm³/mol. The predicted octanol–water partition coefficient (Wildman–Crippen LogP) is 2.73. The largest absolute Gasteiger partial charge is 0.493 e. The zero-order chi connectivity index (χ0) is 13.7. The molecule has 0 bridgehead atoms. The summed E-state index contributed by atoms with van der Waals surface area (Å²) in [6.07, 6.45) is 3.80. The first-order valence-electron chi connectivity index (χ1n) is 5.53. The minimum Gasteiger partial charge on any atom is -0.493 e. The molecular formula is C13H14N2O3S. The van der Waals surface area contributed by atoms with Crippen molar-refractivity contribution in [2.45, 2.75) is 0 Å². The van der Waals surface area contributed by atoms with Gasteiger partial charge in [0.25, 0.3) is 0 Å². The number of aromatic nitrogens is 2. The lowest BCUT2D eigenvalue weighted by atomic mass is 10.1. The summed E-state index contributed by atoms with van der Waals surface area (Å²) >= 11 is 1.31. The van der Waals surface area contributed by atoms with E-state index in [1.165, 1.54) is 11.5 Å². The fourth-order valence-corrected chi connectivity index (χ4v) is 2.05. The van der Waals surface area contributed by atoms with E-state index in [1.54, 1.807) is 21.3 Å². The summed E-state index contributed by atoms with van der Waals surface area (Å²) in [6.45, 7) is 0. The summed E-state index contributed by atoms with van der Waals surface area (Å²) in [5.41, 5.74) is 1.75. The van der Waals surface area contributed by atoms with Gasteiger partial charge in [-0.05, 0) is 35.3 Å². The first-order valence-corrected chi connectivity index (χ1v) is 6.37. The second kappa shape index (κ2) is 6.19. The average molecular weight is 278 g/mol. The van der Waals surface area contributed by atoms with Gasteiger partial charge >= 0.3 is 0 Å². The van der Waals surface area contributed by atoms with E-state index in [4.69, 9.17) is 14.2 Å². The average Bonchev–Trinajstić information content (AvgIpc) is 2.97. The summed E-state index contributed by atoms with van der Waals surface area (Å²) in [5, 5.41) is 5.81. The summed E-state index contributed by atoms with van der Waals surface area (Å²) in [4.78, 5) is 0.